The van der Waals surface area contributed by atoms with Crippen LogP contribution in [0.15, 0.2) is 45.9 Å². The van der Waals surface area contributed by atoms with Crippen LogP contribution < -0.4 is 5.32 Å². The molecule has 1 aromatic heterocycles. The number of esters is 1. The molecule has 0 radical (unpaired) electrons. The molecule has 29 heavy (non-hydrogen) atoms. The van der Waals surface area contributed by atoms with Crippen LogP contribution in [0.4, 0.5) is 0 Å². The summed E-state index contributed by atoms with van der Waals surface area (Å²) >= 11 is 0. The number of rotatable bonds is 8. The van der Waals surface area contributed by atoms with Crippen LogP contribution in [0.5, 0.6) is 0 Å². The summed E-state index contributed by atoms with van der Waals surface area (Å²) in [5.74, 6) is -2.54. The van der Waals surface area contributed by atoms with Gasteiger partial charge in [0.1, 0.15) is 0 Å². The minimum Gasteiger partial charge on any atom is -0.459 e. The summed E-state index contributed by atoms with van der Waals surface area (Å²) in [5, 5.41) is 2.02. The highest BCUT2D eigenvalue weighted by molar-refractivity contribution is 7.89. The fourth-order valence-corrected chi connectivity index (χ4v) is 4.02. The van der Waals surface area contributed by atoms with Crippen LogP contribution in [0.2, 0.25) is 0 Å². The van der Waals surface area contributed by atoms with Crippen LogP contribution in [-0.2, 0) is 19.6 Å². The highest BCUT2D eigenvalue weighted by Crippen LogP contribution is 2.20. The van der Waals surface area contributed by atoms with E-state index in [1.165, 1.54) is 40.9 Å². The Kier molecular flexibility index (Phi) is 7.29. The van der Waals surface area contributed by atoms with Gasteiger partial charge < -0.3 is 9.15 Å². The van der Waals surface area contributed by atoms with Gasteiger partial charge in [0.2, 0.25) is 10.0 Å². The van der Waals surface area contributed by atoms with Gasteiger partial charge in [-0.15, -0.1) is 0 Å². The van der Waals surface area contributed by atoms with Gasteiger partial charge in [-0.3, -0.25) is 14.9 Å². The third-order valence-corrected chi connectivity index (χ3v) is 6.15. The first-order valence-corrected chi connectivity index (χ1v) is 10.3. The van der Waals surface area contributed by atoms with Crippen LogP contribution in [0.3, 0.4) is 0 Å². The Bertz CT molecular complexity index is 994. The van der Waals surface area contributed by atoms with Crippen molar-refractivity contribution >= 4 is 27.8 Å². The van der Waals surface area contributed by atoms with E-state index in [1.807, 2.05) is 5.32 Å². The van der Waals surface area contributed by atoms with Crippen molar-refractivity contribution in [2.75, 3.05) is 19.7 Å². The summed E-state index contributed by atoms with van der Waals surface area (Å²) in [6.45, 7) is 4.91. The molecule has 0 saturated carbocycles. The molecule has 1 heterocycles. The molecule has 9 nitrogen and oxygen atoms in total. The smallest absolute Gasteiger partial charge is 0.338 e. The number of benzene rings is 1. The van der Waals surface area contributed by atoms with Crippen molar-refractivity contribution < 1.29 is 32.0 Å². The number of aryl methyl sites for hydroxylation is 1. The molecule has 10 heteroatoms. The van der Waals surface area contributed by atoms with Crippen molar-refractivity contribution in [2.24, 2.45) is 0 Å². The third kappa shape index (κ3) is 5.30. The molecule has 0 aliphatic rings. The molecule has 0 fully saturated rings. The topological polar surface area (TPSA) is 123 Å². The first kappa shape index (κ1) is 22.3. The first-order valence-electron chi connectivity index (χ1n) is 8.86. The molecule has 2 amide bonds. The lowest BCUT2D eigenvalue weighted by atomic mass is 10.1. The predicted octanol–water partition coefficient (Wildman–Crippen LogP) is 1.73. The van der Waals surface area contributed by atoms with Gasteiger partial charge in [0.25, 0.3) is 11.8 Å². The summed E-state index contributed by atoms with van der Waals surface area (Å²) < 4.78 is 36.3. The number of hydrogen-bond acceptors (Lipinski definition) is 7. The monoisotopic (exact) mass is 422 g/mol. The molecule has 0 aliphatic carbocycles. The Morgan fingerprint density at radius 2 is 1.83 bits per heavy atom. The van der Waals surface area contributed by atoms with Gasteiger partial charge in [-0.05, 0) is 36.8 Å². The molecular weight excluding hydrogens is 400 g/mol. The normalized spacial score (nSPS) is 11.3. The largest absolute Gasteiger partial charge is 0.459 e. The molecule has 0 spiro atoms. The second-order valence-corrected chi connectivity index (χ2v) is 7.93. The van der Waals surface area contributed by atoms with Crippen LogP contribution in [0.1, 0.15) is 40.3 Å². The lowest BCUT2D eigenvalue weighted by Crippen LogP contribution is -2.34. The molecule has 0 bridgehead atoms. The predicted molar refractivity (Wildman–Crippen MR) is 103 cm³/mol. The van der Waals surface area contributed by atoms with E-state index >= 15 is 0 Å². The number of hydrogen-bond donors (Lipinski definition) is 1. The van der Waals surface area contributed by atoms with E-state index in [0.717, 1.165) is 0 Å². The Labute approximate surface area is 168 Å². The number of nitrogens with one attached hydrogen (secondary N) is 1. The fraction of sp³-hybridized carbons (Fsp3) is 0.316. The standard InChI is InChI=1S/C19H22N2O7S/c1-4-21(5-2)29(25,26)14-9-8-13(3)15(11-14)19(24)28-12-17(22)20-18(23)16-7-6-10-27-16/h6-11H,4-5,12H2,1-3H3,(H,20,22,23). The highest BCUT2D eigenvalue weighted by atomic mass is 32.2. The van der Waals surface area contributed by atoms with Gasteiger partial charge in [0.15, 0.2) is 12.4 Å². The van der Waals surface area contributed by atoms with Gasteiger partial charge in [-0.25, -0.2) is 13.2 Å². The van der Waals surface area contributed by atoms with Crippen molar-refractivity contribution in [1.82, 2.24) is 9.62 Å². The minimum absolute atomic E-state index is 0.0170. The first-order chi connectivity index (χ1) is 13.7. The Balaban J connectivity index is 2.09. The number of amides is 2. The summed E-state index contributed by atoms with van der Waals surface area (Å²) in [7, 11) is -3.76. The van der Waals surface area contributed by atoms with Crippen LogP contribution >= 0.6 is 0 Å². The van der Waals surface area contributed by atoms with Crippen LogP contribution in [0.25, 0.3) is 0 Å². The SMILES string of the molecule is CCN(CC)S(=O)(=O)c1ccc(C)c(C(=O)OCC(=O)NC(=O)c2ccco2)c1. The number of ether oxygens (including phenoxy) is 1. The number of nitrogens with zero attached hydrogens (tertiary/aromatic N) is 1. The summed E-state index contributed by atoms with van der Waals surface area (Å²) in [5.41, 5.74) is 0.504. The average Bonchev–Trinajstić information content (AvgIpc) is 3.22. The third-order valence-electron chi connectivity index (χ3n) is 4.10. The van der Waals surface area contributed by atoms with E-state index in [0.29, 0.717) is 5.56 Å². The molecule has 156 valence electrons. The van der Waals surface area contributed by atoms with Crippen molar-refractivity contribution in [2.45, 2.75) is 25.7 Å². The number of sulfonamides is 1. The summed E-state index contributed by atoms with van der Waals surface area (Å²) in [6, 6.07) is 6.99. The molecule has 0 saturated heterocycles. The van der Waals surface area contributed by atoms with E-state index < -0.39 is 34.4 Å². The zero-order valence-electron chi connectivity index (χ0n) is 16.3. The van der Waals surface area contributed by atoms with Gasteiger partial charge in [0.05, 0.1) is 16.7 Å². The van der Waals surface area contributed by atoms with E-state index in [-0.39, 0.29) is 29.3 Å². The Morgan fingerprint density at radius 3 is 2.41 bits per heavy atom. The summed E-state index contributed by atoms with van der Waals surface area (Å²) in [4.78, 5) is 35.8. The van der Waals surface area contributed by atoms with Crippen molar-refractivity contribution in [3.63, 3.8) is 0 Å². The second kappa shape index (κ2) is 9.48. The van der Waals surface area contributed by atoms with E-state index in [9.17, 15) is 22.8 Å². The molecular formula is C19H22N2O7S. The van der Waals surface area contributed by atoms with Gasteiger partial charge in [-0.2, -0.15) is 4.31 Å². The quantitative estimate of drug-likeness (QED) is 0.643. The lowest BCUT2D eigenvalue weighted by molar-refractivity contribution is -0.123. The van der Waals surface area contributed by atoms with Crippen LogP contribution in [-0.4, -0.2) is 50.2 Å². The summed E-state index contributed by atoms with van der Waals surface area (Å²) in [6.07, 6.45) is 1.28. The zero-order valence-corrected chi connectivity index (χ0v) is 17.1. The maximum atomic E-state index is 12.6. The lowest BCUT2D eigenvalue weighted by Gasteiger charge is -2.19. The number of furan rings is 1. The molecule has 0 aliphatic heterocycles. The average molecular weight is 422 g/mol. The molecule has 2 rings (SSSR count). The number of carbonyl (C=O) groups excluding carboxylic acids is 3. The van der Waals surface area contributed by atoms with Crippen LogP contribution in [0, 0.1) is 6.92 Å². The molecule has 0 atom stereocenters. The van der Waals surface area contributed by atoms with Gasteiger partial charge >= 0.3 is 5.97 Å². The Morgan fingerprint density at radius 1 is 1.14 bits per heavy atom. The molecule has 2 aromatic rings. The van der Waals surface area contributed by atoms with E-state index in [2.05, 4.69) is 0 Å². The van der Waals surface area contributed by atoms with Gasteiger partial charge in [-0.1, -0.05) is 19.9 Å². The Hall–Kier alpha value is -2.98. The number of imide groups is 1. The van der Waals surface area contributed by atoms with E-state index in [4.69, 9.17) is 9.15 Å². The van der Waals surface area contributed by atoms with Crippen molar-refractivity contribution in [3.8, 4) is 0 Å². The maximum Gasteiger partial charge on any atom is 0.338 e. The zero-order chi connectivity index (χ0) is 21.6. The molecule has 1 aromatic carbocycles. The molecule has 1 N–H and O–H groups in total. The van der Waals surface area contributed by atoms with Crippen molar-refractivity contribution in [1.29, 1.82) is 0 Å². The second-order valence-electron chi connectivity index (χ2n) is 6.00. The minimum atomic E-state index is -3.76. The van der Waals surface area contributed by atoms with Crippen molar-refractivity contribution in [3.05, 3.63) is 53.5 Å². The fourth-order valence-electron chi connectivity index (χ4n) is 2.53. The van der Waals surface area contributed by atoms with E-state index in [1.54, 1.807) is 20.8 Å². The maximum absolute atomic E-state index is 12.6. The highest BCUT2D eigenvalue weighted by Gasteiger charge is 2.24. The van der Waals surface area contributed by atoms with Gasteiger partial charge in [0, 0.05) is 13.1 Å². The number of carbonyl (C=O) groups is 3. The molecule has 0 unspecified atom stereocenters.